The molecule has 2 bridgehead atoms. The molecule has 10 nitrogen and oxygen atoms in total. The normalized spacial score (nSPS) is 25.3. The van der Waals surface area contributed by atoms with Crippen molar-refractivity contribution in [2.75, 3.05) is 18.5 Å². The van der Waals surface area contributed by atoms with Crippen molar-refractivity contribution in [3.63, 3.8) is 0 Å². The Morgan fingerprint density at radius 3 is 2.89 bits per heavy atom. The van der Waals surface area contributed by atoms with Crippen molar-refractivity contribution in [3.8, 4) is 0 Å². The average molecular weight is 521 g/mol. The number of hydrogen-bond donors (Lipinski definition) is 2. The van der Waals surface area contributed by atoms with Gasteiger partial charge in [0.2, 0.25) is 5.91 Å². The van der Waals surface area contributed by atoms with Crippen molar-refractivity contribution in [1.29, 1.82) is 0 Å². The average Bonchev–Trinajstić information content (AvgIpc) is 3.62. The lowest BCUT2D eigenvalue weighted by molar-refractivity contribution is -0.140. The van der Waals surface area contributed by atoms with Crippen LogP contribution in [0.3, 0.4) is 0 Å². The molecule has 2 saturated heterocycles. The molecular weight excluding hydrogens is 492 g/mol. The Morgan fingerprint density at radius 2 is 2.14 bits per heavy atom. The Bertz CT molecular complexity index is 1560. The lowest BCUT2D eigenvalue weighted by atomic mass is 9.86. The van der Waals surface area contributed by atoms with Crippen LogP contribution in [0.5, 0.6) is 0 Å². The molecule has 7 rings (SSSR count). The van der Waals surface area contributed by atoms with E-state index < -0.39 is 5.66 Å². The maximum Gasteiger partial charge on any atom is 0.276 e. The van der Waals surface area contributed by atoms with Gasteiger partial charge in [-0.25, -0.2) is 9.97 Å². The minimum atomic E-state index is -0.822. The first-order valence-corrected chi connectivity index (χ1v) is 13.6. The Balaban J connectivity index is 1.22. The van der Waals surface area contributed by atoms with Crippen molar-refractivity contribution in [2.45, 2.75) is 64.3 Å². The molecule has 0 radical (unpaired) electrons. The van der Waals surface area contributed by atoms with Gasteiger partial charge in [0.1, 0.15) is 34.0 Å². The van der Waals surface area contributed by atoms with Crippen molar-refractivity contribution < 1.29 is 14.3 Å². The highest BCUT2D eigenvalue weighted by Gasteiger charge is 2.44. The number of nitrogens with zero attached hydrogens (tertiary/aromatic N) is 4. The Morgan fingerprint density at radius 1 is 1.30 bits per heavy atom. The molecule has 0 saturated carbocycles. The van der Waals surface area contributed by atoms with E-state index in [-0.39, 0.29) is 35.4 Å². The standard InChI is InChI=1S/C26H28N6O4S/c1-12-6-17(25(35)32-20(12)22(33)30-26(32,2)3)29-21-19-16-5-4-13(7-18(16)37-23(19)28-11-27-21)24(34)31-9-15-8-14(31)10-36-15/h6,11,13-15H,4-5,7-10H2,1-3H3,(H,30,33)(H,27,28,29)/t13-,14+,15+/m0/s1. The summed E-state index contributed by atoms with van der Waals surface area (Å²) in [5, 5.41) is 7.05. The predicted molar refractivity (Wildman–Crippen MR) is 138 cm³/mol. The molecule has 0 aromatic carbocycles. The first kappa shape index (κ1) is 22.9. The zero-order valence-corrected chi connectivity index (χ0v) is 21.8. The van der Waals surface area contributed by atoms with Gasteiger partial charge in [-0.1, -0.05) is 0 Å². The number of thiophene rings is 1. The highest BCUT2D eigenvalue weighted by Crippen LogP contribution is 2.41. The molecule has 2 N–H and O–H groups in total. The van der Waals surface area contributed by atoms with Gasteiger partial charge in [-0.2, -0.15) is 0 Å². The van der Waals surface area contributed by atoms with Gasteiger partial charge in [0.25, 0.3) is 11.5 Å². The number of likely N-dealkylation sites (tertiary alicyclic amines) is 1. The SMILES string of the molecule is Cc1cc(Nc2ncnc3sc4c(c23)CC[C@H](C(=O)N2C[C@H]3C[C@@H]2CO3)C4)c(=O)n2c1C(=O)NC2(C)C. The van der Waals surface area contributed by atoms with Gasteiger partial charge in [-0.3, -0.25) is 19.0 Å². The summed E-state index contributed by atoms with van der Waals surface area (Å²) in [6.45, 7) is 6.82. The van der Waals surface area contributed by atoms with Crippen molar-refractivity contribution in [2.24, 2.45) is 5.92 Å². The van der Waals surface area contributed by atoms with Crippen LogP contribution in [0, 0.1) is 12.8 Å². The molecule has 1 aliphatic carbocycles. The summed E-state index contributed by atoms with van der Waals surface area (Å²) in [4.78, 5) is 52.3. The molecule has 6 heterocycles. The molecule has 0 spiro atoms. The number of aryl methyl sites for hydroxylation is 2. The summed E-state index contributed by atoms with van der Waals surface area (Å²) in [5.74, 6) is 0.547. The molecule has 11 heteroatoms. The summed E-state index contributed by atoms with van der Waals surface area (Å²) >= 11 is 1.61. The second kappa shape index (κ2) is 7.84. The van der Waals surface area contributed by atoms with Crippen molar-refractivity contribution in [3.05, 3.63) is 44.4 Å². The van der Waals surface area contributed by atoms with Gasteiger partial charge >= 0.3 is 0 Å². The van der Waals surface area contributed by atoms with Crippen LogP contribution >= 0.6 is 11.3 Å². The van der Waals surface area contributed by atoms with E-state index >= 15 is 0 Å². The largest absolute Gasteiger partial charge is 0.374 e. The Labute approximate surface area is 217 Å². The number of ether oxygens (including phenoxy) is 1. The van der Waals surface area contributed by atoms with Crippen LogP contribution in [0.25, 0.3) is 10.2 Å². The molecule has 3 aliphatic heterocycles. The minimum Gasteiger partial charge on any atom is -0.374 e. The first-order chi connectivity index (χ1) is 17.7. The number of fused-ring (bicyclic) bond motifs is 6. The zero-order chi connectivity index (χ0) is 25.6. The number of aromatic nitrogens is 3. The third-order valence-electron chi connectivity index (χ3n) is 8.22. The lowest BCUT2D eigenvalue weighted by Crippen LogP contribution is -2.45. The van der Waals surface area contributed by atoms with Crippen LogP contribution in [0.2, 0.25) is 0 Å². The molecule has 4 aliphatic rings. The second-order valence-electron chi connectivity index (χ2n) is 11.0. The van der Waals surface area contributed by atoms with E-state index in [4.69, 9.17) is 4.74 Å². The fraction of sp³-hybridized carbons (Fsp3) is 0.500. The van der Waals surface area contributed by atoms with Crippen molar-refractivity contribution >= 4 is 44.9 Å². The molecular formula is C26H28N6O4S. The van der Waals surface area contributed by atoms with E-state index in [1.807, 2.05) is 25.7 Å². The molecule has 2 fully saturated rings. The quantitative estimate of drug-likeness (QED) is 0.545. The van der Waals surface area contributed by atoms with Crippen LogP contribution in [0.4, 0.5) is 11.5 Å². The number of carbonyl (C=O) groups is 2. The van der Waals surface area contributed by atoms with E-state index in [1.165, 1.54) is 15.8 Å². The van der Waals surface area contributed by atoms with E-state index in [9.17, 15) is 14.4 Å². The highest BCUT2D eigenvalue weighted by molar-refractivity contribution is 7.19. The summed E-state index contributed by atoms with van der Waals surface area (Å²) in [6, 6.07) is 1.94. The summed E-state index contributed by atoms with van der Waals surface area (Å²) in [7, 11) is 0. The maximum atomic E-state index is 13.5. The highest BCUT2D eigenvalue weighted by atomic mass is 32.1. The number of pyridine rings is 1. The van der Waals surface area contributed by atoms with Crippen LogP contribution < -0.4 is 16.2 Å². The van der Waals surface area contributed by atoms with Gasteiger partial charge in [-0.05, 0) is 63.6 Å². The fourth-order valence-corrected chi connectivity index (χ4v) is 7.76. The fourth-order valence-electron chi connectivity index (χ4n) is 6.49. The summed E-state index contributed by atoms with van der Waals surface area (Å²) < 4.78 is 7.19. The van der Waals surface area contributed by atoms with Crippen LogP contribution in [-0.2, 0) is 28.0 Å². The third kappa shape index (κ3) is 3.36. The van der Waals surface area contributed by atoms with E-state index in [0.717, 1.165) is 35.0 Å². The molecule has 0 unspecified atom stereocenters. The Hall–Kier alpha value is -3.31. The third-order valence-corrected chi connectivity index (χ3v) is 9.38. The van der Waals surface area contributed by atoms with Gasteiger partial charge in [0.15, 0.2) is 0 Å². The number of morpholine rings is 1. The second-order valence-corrected chi connectivity index (χ2v) is 12.1. The van der Waals surface area contributed by atoms with E-state index in [0.29, 0.717) is 42.3 Å². The lowest BCUT2D eigenvalue weighted by Gasteiger charge is -2.32. The van der Waals surface area contributed by atoms with Gasteiger partial charge < -0.3 is 20.3 Å². The molecule has 37 heavy (non-hydrogen) atoms. The molecule has 3 atom stereocenters. The molecule has 192 valence electrons. The topological polar surface area (TPSA) is 118 Å². The molecule has 3 aromatic rings. The monoisotopic (exact) mass is 520 g/mol. The number of rotatable bonds is 3. The number of hydrogen-bond acceptors (Lipinski definition) is 8. The van der Waals surface area contributed by atoms with Gasteiger partial charge in [0, 0.05) is 17.3 Å². The Kier molecular flexibility index (Phi) is 4.85. The first-order valence-electron chi connectivity index (χ1n) is 12.8. The van der Waals surface area contributed by atoms with Crippen LogP contribution in [0.15, 0.2) is 17.2 Å². The van der Waals surface area contributed by atoms with Gasteiger partial charge in [0.05, 0.1) is 24.1 Å². The number of carbonyl (C=O) groups excluding carboxylic acids is 2. The predicted octanol–water partition coefficient (Wildman–Crippen LogP) is 2.45. The summed E-state index contributed by atoms with van der Waals surface area (Å²) in [6.07, 6.45) is 4.91. The van der Waals surface area contributed by atoms with Crippen molar-refractivity contribution in [1.82, 2.24) is 24.8 Å². The molecule has 3 aromatic heterocycles. The van der Waals surface area contributed by atoms with Crippen LogP contribution in [0.1, 0.15) is 53.2 Å². The zero-order valence-electron chi connectivity index (χ0n) is 21.0. The maximum absolute atomic E-state index is 13.5. The number of anilines is 2. The van der Waals surface area contributed by atoms with E-state index in [2.05, 4.69) is 20.6 Å². The molecule has 2 amide bonds. The number of nitrogens with one attached hydrogen (secondary N) is 2. The number of amides is 2. The smallest absolute Gasteiger partial charge is 0.276 e. The van der Waals surface area contributed by atoms with Gasteiger partial charge in [-0.15, -0.1) is 11.3 Å². The summed E-state index contributed by atoms with van der Waals surface area (Å²) in [5.41, 5.74) is 1.51. The van der Waals surface area contributed by atoms with E-state index in [1.54, 1.807) is 17.4 Å². The minimum absolute atomic E-state index is 0.0273. The van der Waals surface area contributed by atoms with Crippen LogP contribution in [-0.4, -0.2) is 56.5 Å².